The molecular weight excluding hydrogens is 451 g/mol. The van der Waals surface area contributed by atoms with Gasteiger partial charge in [-0.3, -0.25) is 4.79 Å². The van der Waals surface area contributed by atoms with Gasteiger partial charge in [-0.2, -0.15) is 13.2 Å². The molecule has 8 nitrogen and oxygen atoms in total. The largest absolute Gasteiger partial charge is 0.509 e. The Balaban J connectivity index is 3.22. The van der Waals surface area contributed by atoms with Crippen LogP contribution in [-0.4, -0.2) is 72.2 Å². The second-order valence-corrected chi connectivity index (χ2v) is 7.89. The maximum absolute atomic E-state index is 13.6. The third-order valence-corrected chi connectivity index (χ3v) is 5.31. The van der Waals surface area contributed by atoms with Gasteiger partial charge in [0.2, 0.25) is 10.3 Å². The normalized spacial score (nSPS) is 21.0. The molecule has 30 heavy (non-hydrogen) atoms. The van der Waals surface area contributed by atoms with E-state index in [-0.39, 0.29) is 17.4 Å². The average molecular weight is 478 g/mol. The van der Waals surface area contributed by atoms with Crippen molar-refractivity contribution in [3.63, 3.8) is 0 Å². The van der Waals surface area contributed by atoms with Crippen LogP contribution in [0.25, 0.3) is 0 Å². The maximum atomic E-state index is 13.6. The van der Waals surface area contributed by atoms with Crippen LogP contribution in [0.15, 0.2) is 0 Å². The highest BCUT2D eigenvalue weighted by atomic mass is 32.2. The van der Waals surface area contributed by atoms with Crippen molar-refractivity contribution in [2.75, 3.05) is 19.8 Å². The first-order chi connectivity index (χ1) is 14.0. The first kappa shape index (κ1) is 26.7. The SMILES string of the molecule is CCOC(=S)SC(CC(OCC)OCC)C1OC(=O)OC1C(NC(C)=O)C(F)(F)F. The molecule has 0 radical (unpaired) electrons. The number of hydrogen-bond donors (Lipinski definition) is 1. The van der Waals surface area contributed by atoms with Crippen molar-refractivity contribution in [2.45, 2.75) is 70.1 Å². The van der Waals surface area contributed by atoms with E-state index in [1.807, 2.05) is 0 Å². The van der Waals surface area contributed by atoms with E-state index >= 15 is 0 Å². The number of ether oxygens (including phenoxy) is 5. The molecule has 1 rings (SSSR count). The van der Waals surface area contributed by atoms with Gasteiger partial charge in [0.25, 0.3) is 0 Å². The number of thioether (sulfide) groups is 1. The van der Waals surface area contributed by atoms with Gasteiger partial charge in [0.15, 0.2) is 24.5 Å². The number of nitrogens with one attached hydrogen (secondary N) is 1. The summed E-state index contributed by atoms with van der Waals surface area (Å²) in [7, 11) is 0. The number of cyclic esters (lactones) is 2. The summed E-state index contributed by atoms with van der Waals surface area (Å²) in [4.78, 5) is 23.1. The quantitative estimate of drug-likeness (QED) is 0.274. The molecule has 1 heterocycles. The van der Waals surface area contributed by atoms with Gasteiger partial charge in [0.05, 0.1) is 11.9 Å². The molecule has 1 aliphatic heterocycles. The van der Waals surface area contributed by atoms with Gasteiger partial charge >= 0.3 is 12.3 Å². The van der Waals surface area contributed by atoms with Gasteiger partial charge < -0.3 is 29.0 Å². The number of amides is 1. The minimum Gasteiger partial charge on any atom is -0.479 e. The summed E-state index contributed by atoms with van der Waals surface area (Å²) >= 11 is 6.02. The van der Waals surface area contributed by atoms with E-state index in [1.165, 1.54) is 0 Å². The van der Waals surface area contributed by atoms with Gasteiger partial charge in [-0.05, 0) is 33.0 Å². The lowest BCUT2D eigenvalue weighted by Gasteiger charge is -2.32. The molecular formula is C17H26F3NO7S2. The molecule has 1 N–H and O–H groups in total. The number of hydrogen-bond acceptors (Lipinski definition) is 9. The Kier molecular flexibility index (Phi) is 11.2. The topological polar surface area (TPSA) is 92.3 Å². The molecule has 1 amide bonds. The lowest BCUT2D eigenvalue weighted by atomic mass is 10.00. The van der Waals surface area contributed by atoms with Crippen molar-refractivity contribution in [3.05, 3.63) is 0 Å². The van der Waals surface area contributed by atoms with Crippen molar-refractivity contribution in [3.8, 4) is 0 Å². The van der Waals surface area contributed by atoms with Crippen molar-refractivity contribution >= 4 is 40.4 Å². The summed E-state index contributed by atoms with van der Waals surface area (Å²) in [6, 6.07) is -2.46. The first-order valence-corrected chi connectivity index (χ1v) is 10.6. The molecule has 0 aromatic heterocycles. The summed E-state index contributed by atoms with van der Waals surface area (Å²) in [6.45, 7) is 6.93. The van der Waals surface area contributed by atoms with Crippen molar-refractivity contribution in [1.29, 1.82) is 0 Å². The highest BCUT2D eigenvalue weighted by Crippen LogP contribution is 2.36. The van der Waals surface area contributed by atoms with E-state index in [2.05, 4.69) is 0 Å². The second-order valence-electron chi connectivity index (χ2n) is 6.05. The smallest absolute Gasteiger partial charge is 0.479 e. The number of thiocarbonyl (C=S) groups is 1. The highest BCUT2D eigenvalue weighted by Gasteiger charge is 2.56. The van der Waals surface area contributed by atoms with Gasteiger partial charge in [-0.15, -0.1) is 0 Å². The van der Waals surface area contributed by atoms with Crippen LogP contribution in [0.1, 0.15) is 34.1 Å². The zero-order chi connectivity index (χ0) is 22.9. The number of carbonyl (C=O) groups excluding carboxylic acids is 2. The third kappa shape index (κ3) is 8.44. The summed E-state index contributed by atoms with van der Waals surface area (Å²) in [5.41, 5.74) is 0. The summed E-state index contributed by atoms with van der Waals surface area (Å²) in [6.07, 6.45) is -10.1. The predicted octanol–water partition coefficient (Wildman–Crippen LogP) is 3.17. The molecule has 4 atom stereocenters. The van der Waals surface area contributed by atoms with Crippen LogP contribution in [0.5, 0.6) is 0 Å². The van der Waals surface area contributed by atoms with Crippen molar-refractivity contribution in [2.24, 2.45) is 0 Å². The first-order valence-electron chi connectivity index (χ1n) is 9.31. The Morgan fingerprint density at radius 3 is 2.20 bits per heavy atom. The number of alkyl halides is 3. The Hall–Kier alpha value is -1.31. The molecule has 1 aliphatic rings. The maximum Gasteiger partial charge on any atom is 0.509 e. The number of halogens is 3. The minimum absolute atomic E-state index is 0.0298. The molecule has 0 spiro atoms. The fourth-order valence-corrected chi connectivity index (χ4v) is 4.29. The van der Waals surface area contributed by atoms with E-state index < -0.39 is 48.0 Å². The molecule has 13 heteroatoms. The second kappa shape index (κ2) is 12.5. The van der Waals surface area contributed by atoms with Gasteiger partial charge in [-0.25, -0.2) is 4.79 Å². The zero-order valence-electron chi connectivity index (χ0n) is 17.0. The Morgan fingerprint density at radius 1 is 1.17 bits per heavy atom. The van der Waals surface area contributed by atoms with Crippen LogP contribution < -0.4 is 5.32 Å². The molecule has 4 unspecified atom stereocenters. The van der Waals surface area contributed by atoms with Crippen LogP contribution in [0.2, 0.25) is 0 Å². The summed E-state index contributed by atoms with van der Waals surface area (Å²) in [5, 5.41) is 0.933. The Bertz CT molecular complexity index is 588. The Morgan fingerprint density at radius 2 is 1.73 bits per heavy atom. The summed E-state index contributed by atoms with van der Waals surface area (Å²) < 4.78 is 67.0. The van der Waals surface area contributed by atoms with E-state index in [9.17, 15) is 22.8 Å². The fraction of sp³-hybridized carbons (Fsp3) is 0.824. The average Bonchev–Trinajstić information content (AvgIpc) is 3.00. The highest BCUT2D eigenvalue weighted by molar-refractivity contribution is 8.23. The van der Waals surface area contributed by atoms with Crippen LogP contribution in [0.3, 0.4) is 0 Å². The van der Waals surface area contributed by atoms with Crippen LogP contribution in [0.4, 0.5) is 18.0 Å². The number of carbonyl (C=O) groups is 2. The lowest BCUT2D eigenvalue weighted by molar-refractivity contribution is -0.182. The molecule has 1 saturated heterocycles. The van der Waals surface area contributed by atoms with Crippen molar-refractivity contribution < 1.29 is 46.4 Å². The molecule has 0 aromatic rings. The van der Waals surface area contributed by atoms with Gasteiger partial charge in [0, 0.05) is 26.6 Å². The van der Waals surface area contributed by atoms with E-state index in [4.69, 9.17) is 35.9 Å². The third-order valence-electron chi connectivity index (χ3n) is 3.83. The van der Waals surface area contributed by atoms with Crippen LogP contribution in [0, 0.1) is 0 Å². The van der Waals surface area contributed by atoms with E-state index in [0.29, 0.717) is 13.2 Å². The molecule has 1 fully saturated rings. The molecule has 0 bridgehead atoms. The minimum atomic E-state index is -4.89. The summed E-state index contributed by atoms with van der Waals surface area (Å²) in [5.74, 6) is -0.936. The molecule has 0 aromatic carbocycles. The fourth-order valence-electron chi connectivity index (χ4n) is 2.77. The molecule has 0 aliphatic carbocycles. The molecule has 0 saturated carbocycles. The van der Waals surface area contributed by atoms with E-state index in [0.717, 1.165) is 18.7 Å². The predicted molar refractivity (Wildman–Crippen MR) is 106 cm³/mol. The number of rotatable bonds is 11. The van der Waals surface area contributed by atoms with Crippen LogP contribution >= 0.6 is 24.0 Å². The van der Waals surface area contributed by atoms with Gasteiger partial charge in [-0.1, -0.05) is 11.8 Å². The van der Waals surface area contributed by atoms with Gasteiger partial charge in [0.1, 0.15) is 0 Å². The zero-order valence-corrected chi connectivity index (χ0v) is 18.7. The monoisotopic (exact) mass is 477 g/mol. The molecule has 174 valence electrons. The van der Waals surface area contributed by atoms with Crippen LogP contribution in [-0.2, 0) is 28.5 Å². The standard InChI is InChI=1S/C17H26F3NO7S2/c1-5-24-11(25-6-2)8-10(30-16(29)26-7-3)12-13(28-15(23)27-12)14(17(18,19)20)21-9(4)22/h10-14H,5-8H2,1-4H3,(H,21,22). The van der Waals surface area contributed by atoms with E-state index in [1.54, 1.807) is 26.1 Å². The Labute approximate surface area is 182 Å². The van der Waals surface area contributed by atoms with Crippen molar-refractivity contribution in [1.82, 2.24) is 5.32 Å². The lowest BCUT2D eigenvalue weighted by Crippen LogP contribution is -2.57.